The second-order valence-corrected chi connectivity index (χ2v) is 10.4. The van der Waals surface area contributed by atoms with E-state index in [9.17, 15) is 10.2 Å². The molecule has 1 saturated heterocycles. The third kappa shape index (κ3) is 3.66. The number of rotatable bonds is 7. The first-order chi connectivity index (χ1) is 17.1. The number of piperidine rings is 1. The molecule has 5 atom stereocenters. The number of aliphatic hydroxyl groups is 1. The van der Waals surface area contributed by atoms with Gasteiger partial charge < -0.3 is 20.3 Å². The largest absolute Gasteiger partial charge is 0.504 e. The number of hydrogen-bond acceptors (Lipinski definition) is 5. The Balaban J connectivity index is 1.18. The first kappa shape index (κ1) is 22.6. The van der Waals surface area contributed by atoms with E-state index in [0.29, 0.717) is 17.7 Å². The molecular formula is C29H35N3O3. The Hall–Kier alpha value is -2.83. The molecule has 2 aromatic carbocycles. The predicted molar refractivity (Wildman–Crippen MR) is 138 cm³/mol. The first-order valence-electron chi connectivity index (χ1n) is 13.1. The fraction of sp³-hybridized carbons (Fsp3) is 0.483. The van der Waals surface area contributed by atoms with Gasteiger partial charge in [0.25, 0.3) is 0 Å². The number of ether oxygens (including phenoxy) is 1. The lowest BCUT2D eigenvalue weighted by atomic mass is 9.53. The summed E-state index contributed by atoms with van der Waals surface area (Å²) in [6, 6.07) is 14.5. The van der Waals surface area contributed by atoms with Gasteiger partial charge in [0.05, 0.1) is 0 Å². The fourth-order valence-electron chi connectivity index (χ4n) is 7.00. The van der Waals surface area contributed by atoms with Crippen molar-refractivity contribution in [1.29, 1.82) is 0 Å². The van der Waals surface area contributed by atoms with E-state index in [1.165, 1.54) is 5.56 Å². The van der Waals surface area contributed by atoms with Crippen molar-refractivity contribution in [2.24, 2.45) is 10.9 Å². The molecule has 2 aliphatic heterocycles. The summed E-state index contributed by atoms with van der Waals surface area (Å²) in [6.07, 6.45) is 8.10. The summed E-state index contributed by atoms with van der Waals surface area (Å²) < 4.78 is 6.26. The summed E-state index contributed by atoms with van der Waals surface area (Å²) in [4.78, 5) is 7.54. The molecule has 2 unspecified atom stereocenters. The maximum absolute atomic E-state index is 10.8. The van der Waals surface area contributed by atoms with Gasteiger partial charge in [0.2, 0.25) is 0 Å². The lowest BCUT2D eigenvalue weighted by Crippen LogP contribution is -2.65. The molecule has 0 amide bonds. The van der Waals surface area contributed by atoms with Crippen molar-refractivity contribution in [1.82, 2.24) is 4.90 Å². The van der Waals surface area contributed by atoms with E-state index < -0.39 is 6.10 Å². The van der Waals surface area contributed by atoms with Crippen molar-refractivity contribution in [3.8, 4) is 11.5 Å². The highest BCUT2D eigenvalue weighted by Crippen LogP contribution is 2.62. The van der Waals surface area contributed by atoms with Crippen LogP contribution in [0.3, 0.4) is 0 Å². The Morgan fingerprint density at radius 2 is 2.06 bits per heavy atom. The number of aromatic hydroxyl groups is 1. The summed E-state index contributed by atoms with van der Waals surface area (Å²) in [5.41, 5.74) is 3.28. The van der Waals surface area contributed by atoms with Crippen LogP contribution in [0.2, 0.25) is 0 Å². The maximum Gasteiger partial charge on any atom is 0.165 e. The molecule has 1 spiro atoms. The molecule has 2 bridgehead atoms. The van der Waals surface area contributed by atoms with E-state index >= 15 is 0 Å². The van der Waals surface area contributed by atoms with Gasteiger partial charge in [-0.3, -0.25) is 9.89 Å². The van der Waals surface area contributed by atoms with Crippen molar-refractivity contribution in [2.75, 3.05) is 25.0 Å². The van der Waals surface area contributed by atoms with Gasteiger partial charge in [-0.2, -0.15) is 0 Å². The van der Waals surface area contributed by atoms with Crippen molar-refractivity contribution >= 4 is 11.5 Å². The maximum atomic E-state index is 10.8. The van der Waals surface area contributed by atoms with E-state index in [1.807, 2.05) is 24.3 Å². The van der Waals surface area contributed by atoms with Crippen molar-refractivity contribution in [2.45, 2.75) is 62.7 Å². The van der Waals surface area contributed by atoms with Crippen LogP contribution >= 0.6 is 0 Å². The number of phenolic OH excluding ortho intramolecular Hbond substituents is 1. The number of aliphatic hydroxyl groups excluding tert-OH is 1. The van der Waals surface area contributed by atoms with Gasteiger partial charge in [0.1, 0.15) is 18.0 Å². The molecule has 2 aromatic rings. The van der Waals surface area contributed by atoms with Gasteiger partial charge in [-0.25, -0.2) is 0 Å². The third-order valence-electron chi connectivity index (χ3n) is 8.44. The number of para-hydroxylation sites is 1. The SMILES string of the molecule is CCCC(=NCCCN1CCC23c4c5ccc(O)c4O[C@H]2[C@@H](O)C=CC3[C@H]1C5)Nc1ccccc1. The number of amidine groups is 1. The van der Waals surface area contributed by atoms with Crippen molar-refractivity contribution < 1.29 is 14.9 Å². The summed E-state index contributed by atoms with van der Waals surface area (Å²) in [6.45, 7) is 4.98. The lowest BCUT2D eigenvalue weighted by Gasteiger charge is -2.57. The van der Waals surface area contributed by atoms with Crippen LogP contribution in [-0.2, 0) is 11.8 Å². The minimum Gasteiger partial charge on any atom is -0.504 e. The number of aliphatic imine (C=N–C) groups is 1. The molecule has 0 aromatic heterocycles. The molecule has 3 N–H and O–H groups in total. The van der Waals surface area contributed by atoms with Crippen LogP contribution in [0.25, 0.3) is 0 Å². The third-order valence-corrected chi connectivity index (χ3v) is 8.44. The number of hydrogen-bond donors (Lipinski definition) is 3. The molecule has 35 heavy (non-hydrogen) atoms. The van der Waals surface area contributed by atoms with Crippen LogP contribution < -0.4 is 10.1 Å². The Morgan fingerprint density at radius 3 is 2.89 bits per heavy atom. The molecule has 6 rings (SSSR count). The molecule has 184 valence electrons. The molecule has 1 fully saturated rings. The summed E-state index contributed by atoms with van der Waals surface area (Å²) in [5.74, 6) is 2.16. The predicted octanol–water partition coefficient (Wildman–Crippen LogP) is 4.27. The van der Waals surface area contributed by atoms with Crippen LogP contribution in [0.1, 0.15) is 43.7 Å². The van der Waals surface area contributed by atoms with E-state index in [4.69, 9.17) is 9.73 Å². The standard InChI is InChI=1S/C29H35N3O3/c1-2-7-25(31-20-8-4-3-5-9-20)30-15-6-16-32-17-14-29-21-11-13-24(34)28(29)35-27-23(33)12-10-19(26(27)29)18-22(21)32/h3-5,8-13,21-22,24,28,33-34H,2,6-7,14-18H2,1H3,(H,30,31)/t21?,22-,24+,28+,29?/m1/s1. The van der Waals surface area contributed by atoms with Gasteiger partial charge >= 0.3 is 0 Å². The van der Waals surface area contributed by atoms with Gasteiger partial charge in [0.15, 0.2) is 11.5 Å². The quantitative estimate of drug-likeness (QED) is 0.242. The molecular weight excluding hydrogens is 438 g/mol. The highest BCUT2D eigenvalue weighted by Gasteiger charge is 2.64. The van der Waals surface area contributed by atoms with Crippen molar-refractivity contribution in [3.05, 3.63) is 65.7 Å². The topological polar surface area (TPSA) is 77.3 Å². The Kier molecular flexibility index (Phi) is 5.81. The van der Waals surface area contributed by atoms with Crippen LogP contribution in [0.15, 0.2) is 59.6 Å². The molecule has 4 aliphatic rings. The summed E-state index contributed by atoms with van der Waals surface area (Å²) in [7, 11) is 0. The van der Waals surface area contributed by atoms with Crippen LogP contribution in [0, 0.1) is 5.92 Å². The number of likely N-dealkylation sites (tertiary alicyclic amines) is 1. The second kappa shape index (κ2) is 8.99. The number of benzene rings is 2. The zero-order valence-electron chi connectivity index (χ0n) is 20.4. The number of nitrogens with one attached hydrogen (secondary N) is 1. The van der Waals surface area contributed by atoms with E-state index in [0.717, 1.165) is 68.8 Å². The van der Waals surface area contributed by atoms with Gasteiger partial charge in [-0.1, -0.05) is 43.3 Å². The lowest BCUT2D eigenvalue weighted by molar-refractivity contribution is -0.0516. The Labute approximate surface area is 207 Å². The van der Waals surface area contributed by atoms with E-state index in [-0.39, 0.29) is 17.3 Å². The molecule has 0 radical (unpaired) electrons. The number of phenols is 1. The van der Waals surface area contributed by atoms with E-state index in [2.05, 4.69) is 41.4 Å². The average molecular weight is 474 g/mol. The normalized spacial score (nSPS) is 30.6. The second-order valence-electron chi connectivity index (χ2n) is 10.4. The smallest absolute Gasteiger partial charge is 0.165 e. The van der Waals surface area contributed by atoms with Crippen LogP contribution in [0.5, 0.6) is 11.5 Å². The van der Waals surface area contributed by atoms with Crippen LogP contribution in [0.4, 0.5) is 5.69 Å². The van der Waals surface area contributed by atoms with E-state index in [1.54, 1.807) is 6.07 Å². The summed E-state index contributed by atoms with van der Waals surface area (Å²) >= 11 is 0. The minimum absolute atomic E-state index is 0.198. The first-order valence-corrected chi connectivity index (χ1v) is 13.1. The highest BCUT2D eigenvalue weighted by molar-refractivity contribution is 5.95. The number of nitrogens with zero attached hydrogens (tertiary/aromatic N) is 2. The Bertz CT molecular complexity index is 1150. The molecule has 6 heteroatoms. The van der Waals surface area contributed by atoms with Gasteiger partial charge in [0, 0.05) is 48.1 Å². The summed E-state index contributed by atoms with van der Waals surface area (Å²) in [5, 5.41) is 24.8. The zero-order chi connectivity index (χ0) is 24.0. The zero-order valence-corrected chi connectivity index (χ0v) is 20.4. The van der Waals surface area contributed by atoms with Crippen molar-refractivity contribution in [3.63, 3.8) is 0 Å². The Morgan fingerprint density at radius 1 is 1.20 bits per heavy atom. The van der Waals surface area contributed by atoms with Crippen LogP contribution in [-0.4, -0.2) is 58.8 Å². The monoisotopic (exact) mass is 473 g/mol. The minimum atomic E-state index is -0.639. The molecule has 2 aliphatic carbocycles. The molecule has 6 nitrogen and oxygen atoms in total. The average Bonchev–Trinajstić information content (AvgIpc) is 3.22. The highest BCUT2D eigenvalue weighted by atomic mass is 16.5. The number of anilines is 1. The molecule has 2 heterocycles. The van der Waals surface area contributed by atoms with Gasteiger partial charge in [-0.15, -0.1) is 0 Å². The van der Waals surface area contributed by atoms with Gasteiger partial charge in [-0.05, 0) is 56.0 Å². The molecule has 0 saturated carbocycles. The fourth-order valence-corrected chi connectivity index (χ4v) is 7.00.